The van der Waals surface area contributed by atoms with Crippen molar-refractivity contribution < 1.29 is 0 Å². The van der Waals surface area contributed by atoms with Crippen LogP contribution < -0.4 is 5.73 Å². The normalized spacial score (nSPS) is 22.4. The topological polar surface area (TPSA) is 29.3 Å². The maximum Gasteiger partial charge on any atom is 0.0406 e. The lowest BCUT2D eigenvalue weighted by Crippen LogP contribution is -2.57. The first-order valence-electron chi connectivity index (χ1n) is 7.54. The van der Waals surface area contributed by atoms with Crippen molar-refractivity contribution in [2.24, 2.45) is 11.1 Å². The molecule has 2 nitrogen and oxygen atoms in total. The van der Waals surface area contributed by atoms with Crippen LogP contribution in [0.15, 0.2) is 24.3 Å². The van der Waals surface area contributed by atoms with Crippen LogP contribution in [-0.4, -0.2) is 30.1 Å². The average Bonchev–Trinajstić information content (AvgIpc) is 2.40. The predicted molar refractivity (Wildman–Crippen MR) is 87.2 cm³/mol. The minimum atomic E-state index is 0.0333. The van der Waals surface area contributed by atoms with Crippen LogP contribution >= 0.6 is 11.6 Å². The summed E-state index contributed by atoms with van der Waals surface area (Å²) in [6.45, 7) is 9.99. The van der Waals surface area contributed by atoms with Crippen LogP contribution in [0.1, 0.15) is 39.2 Å². The fourth-order valence-corrected chi connectivity index (χ4v) is 3.37. The number of halogens is 1. The van der Waals surface area contributed by atoms with Gasteiger partial charge in [0.2, 0.25) is 0 Å². The maximum atomic E-state index is 6.14. The molecular formula is C17H27ClN2. The predicted octanol–water partition coefficient (Wildman–Crippen LogP) is 3.72. The van der Waals surface area contributed by atoms with E-state index >= 15 is 0 Å². The maximum absolute atomic E-state index is 6.14. The number of nitrogens with two attached hydrogens (primary N) is 1. The monoisotopic (exact) mass is 294 g/mol. The molecule has 1 aliphatic rings. The first kappa shape index (κ1) is 15.8. The highest BCUT2D eigenvalue weighted by Gasteiger charge is 2.36. The number of benzene rings is 1. The molecule has 0 bridgehead atoms. The summed E-state index contributed by atoms with van der Waals surface area (Å²) in [5.41, 5.74) is 7.88. The van der Waals surface area contributed by atoms with Crippen LogP contribution in [0.5, 0.6) is 0 Å². The summed E-state index contributed by atoms with van der Waals surface area (Å²) in [5.74, 6) is 0. The Morgan fingerprint density at radius 3 is 2.50 bits per heavy atom. The van der Waals surface area contributed by atoms with Gasteiger partial charge >= 0.3 is 0 Å². The fourth-order valence-electron chi connectivity index (χ4n) is 3.24. The van der Waals surface area contributed by atoms with Crippen molar-refractivity contribution in [1.82, 2.24) is 4.90 Å². The van der Waals surface area contributed by atoms with Crippen molar-refractivity contribution in [3.63, 3.8) is 0 Å². The van der Waals surface area contributed by atoms with Gasteiger partial charge in [0.15, 0.2) is 0 Å². The van der Waals surface area contributed by atoms with E-state index in [9.17, 15) is 0 Å². The third-order valence-electron chi connectivity index (χ3n) is 4.60. The molecule has 0 saturated carbocycles. The SMILES string of the molecule is CC1(C)CCCN(C(C)(CN)Cc2ccc(Cl)cc2)C1. The summed E-state index contributed by atoms with van der Waals surface area (Å²) in [4.78, 5) is 2.59. The van der Waals surface area contributed by atoms with Gasteiger partial charge in [0, 0.05) is 23.7 Å². The fraction of sp³-hybridized carbons (Fsp3) is 0.647. The van der Waals surface area contributed by atoms with E-state index in [-0.39, 0.29) is 5.54 Å². The molecule has 2 rings (SSSR count). The lowest BCUT2D eigenvalue weighted by atomic mass is 9.80. The van der Waals surface area contributed by atoms with Gasteiger partial charge < -0.3 is 5.73 Å². The number of hydrogen-bond acceptors (Lipinski definition) is 2. The Kier molecular flexibility index (Phi) is 4.78. The number of likely N-dealkylation sites (tertiary alicyclic amines) is 1. The molecule has 1 aliphatic heterocycles. The van der Waals surface area contributed by atoms with Crippen LogP contribution in [0.3, 0.4) is 0 Å². The largest absolute Gasteiger partial charge is 0.329 e. The molecule has 2 N–H and O–H groups in total. The van der Waals surface area contributed by atoms with Crippen LogP contribution in [0.2, 0.25) is 5.02 Å². The van der Waals surface area contributed by atoms with E-state index in [0.717, 1.165) is 24.5 Å². The molecule has 0 aliphatic carbocycles. The van der Waals surface area contributed by atoms with E-state index in [1.54, 1.807) is 0 Å². The Balaban J connectivity index is 2.13. The van der Waals surface area contributed by atoms with Crippen molar-refractivity contribution in [3.8, 4) is 0 Å². The average molecular weight is 295 g/mol. The van der Waals surface area contributed by atoms with Crippen molar-refractivity contribution in [2.45, 2.75) is 45.6 Å². The van der Waals surface area contributed by atoms with Crippen LogP contribution in [0.4, 0.5) is 0 Å². The zero-order chi connectivity index (χ0) is 14.8. The number of nitrogens with zero attached hydrogens (tertiary/aromatic N) is 1. The summed E-state index contributed by atoms with van der Waals surface area (Å²) in [6.07, 6.45) is 3.56. The summed E-state index contributed by atoms with van der Waals surface area (Å²) < 4.78 is 0. The quantitative estimate of drug-likeness (QED) is 0.917. The number of piperidine rings is 1. The van der Waals surface area contributed by atoms with Gasteiger partial charge in [-0.1, -0.05) is 37.6 Å². The van der Waals surface area contributed by atoms with Gasteiger partial charge in [0.25, 0.3) is 0 Å². The first-order valence-corrected chi connectivity index (χ1v) is 7.92. The first-order chi connectivity index (χ1) is 9.35. The summed E-state index contributed by atoms with van der Waals surface area (Å²) in [6, 6.07) is 8.17. The molecule has 0 amide bonds. The molecule has 0 aromatic heterocycles. The van der Waals surface area contributed by atoms with Crippen LogP contribution in [0, 0.1) is 5.41 Å². The molecule has 1 atom stereocenters. The van der Waals surface area contributed by atoms with E-state index in [1.165, 1.54) is 18.4 Å². The van der Waals surface area contributed by atoms with Gasteiger partial charge in [-0.2, -0.15) is 0 Å². The second kappa shape index (κ2) is 6.05. The van der Waals surface area contributed by atoms with Crippen LogP contribution in [0.25, 0.3) is 0 Å². The van der Waals surface area contributed by atoms with Gasteiger partial charge in [-0.15, -0.1) is 0 Å². The van der Waals surface area contributed by atoms with Gasteiger partial charge in [-0.25, -0.2) is 0 Å². The Morgan fingerprint density at radius 1 is 1.30 bits per heavy atom. The summed E-state index contributed by atoms with van der Waals surface area (Å²) in [5, 5.41) is 0.794. The lowest BCUT2D eigenvalue weighted by molar-refractivity contribution is 0.0284. The molecule has 1 aromatic carbocycles. The van der Waals surface area contributed by atoms with E-state index in [4.69, 9.17) is 17.3 Å². The zero-order valence-corrected chi connectivity index (χ0v) is 13.7. The Hall–Kier alpha value is -0.570. The molecule has 1 aromatic rings. The summed E-state index contributed by atoms with van der Waals surface area (Å²) >= 11 is 5.97. The number of hydrogen-bond donors (Lipinski definition) is 1. The molecule has 3 heteroatoms. The minimum Gasteiger partial charge on any atom is -0.329 e. The lowest BCUT2D eigenvalue weighted by Gasteiger charge is -2.48. The van der Waals surface area contributed by atoms with Crippen LogP contribution in [-0.2, 0) is 6.42 Å². The second-order valence-electron chi connectivity index (χ2n) is 7.19. The third-order valence-corrected chi connectivity index (χ3v) is 4.85. The summed E-state index contributed by atoms with van der Waals surface area (Å²) in [7, 11) is 0. The van der Waals surface area contributed by atoms with Crippen molar-refractivity contribution in [1.29, 1.82) is 0 Å². The van der Waals surface area contributed by atoms with Gasteiger partial charge in [0.1, 0.15) is 0 Å². The molecule has 1 saturated heterocycles. The molecule has 1 heterocycles. The molecule has 1 unspecified atom stereocenters. The highest BCUT2D eigenvalue weighted by Crippen LogP contribution is 2.33. The van der Waals surface area contributed by atoms with Crippen molar-refractivity contribution in [2.75, 3.05) is 19.6 Å². The van der Waals surface area contributed by atoms with Crippen molar-refractivity contribution in [3.05, 3.63) is 34.9 Å². The molecule has 112 valence electrons. The van der Waals surface area contributed by atoms with Gasteiger partial charge in [-0.05, 0) is 55.8 Å². The third kappa shape index (κ3) is 3.75. The molecule has 1 fully saturated rings. The highest BCUT2D eigenvalue weighted by molar-refractivity contribution is 6.30. The Bertz CT molecular complexity index is 441. The molecule has 20 heavy (non-hydrogen) atoms. The van der Waals surface area contributed by atoms with E-state index in [2.05, 4.69) is 37.8 Å². The Labute approximate surface area is 128 Å². The van der Waals surface area contributed by atoms with E-state index in [1.807, 2.05) is 12.1 Å². The number of rotatable bonds is 4. The minimum absolute atomic E-state index is 0.0333. The zero-order valence-electron chi connectivity index (χ0n) is 13.0. The van der Waals surface area contributed by atoms with Gasteiger partial charge in [-0.3, -0.25) is 4.90 Å². The molecular weight excluding hydrogens is 268 g/mol. The second-order valence-corrected chi connectivity index (χ2v) is 7.63. The smallest absolute Gasteiger partial charge is 0.0406 e. The molecule has 0 spiro atoms. The highest BCUT2D eigenvalue weighted by atomic mass is 35.5. The van der Waals surface area contributed by atoms with Crippen molar-refractivity contribution >= 4 is 11.6 Å². The van der Waals surface area contributed by atoms with Gasteiger partial charge in [0.05, 0.1) is 0 Å². The Morgan fingerprint density at radius 2 is 1.95 bits per heavy atom. The molecule has 0 radical (unpaired) electrons. The standard InChI is InChI=1S/C17H27ClN2/c1-16(2)9-4-10-20(13-16)17(3,12-19)11-14-5-7-15(18)8-6-14/h5-8H,4,9-13,19H2,1-3H3. The van der Waals surface area contributed by atoms with E-state index < -0.39 is 0 Å². The van der Waals surface area contributed by atoms with E-state index in [0.29, 0.717) is 12.0 Å².